The monoisotopic (exact) mass is 507 g/mol. The Morgan fingerprint density at radius 2 is 1.39 bits per heavy atom. The predicted molar refractivity (Wildman–Crippen MR) is 132 cm³/mol. The minimum Gasteiger partial charge on any atom is -0.458 e. The number of isocyanates is 2. The van der Waals surface area contributed by atoms with Gasteiger partial charge in [0, 0.05) is 17.7 Å². The van der Waals surface area contributed by atoms with E-state index in [1.54, 1.807) is 6.08 Å². The van der Waals surface area contributed by atoms with Gasteiger partial charge in [-0.05, 0) is 39.5 Å². The summed E-state index contributed by atoms with van der Waals surface area (Å²) in [5.41, 5.74) is 0.366. The van der Waals surface area contributed by atoms with Crippen LogP contribution in [0.1, 0.15) is 65.2 Å². The standard InChI is InChI=1S/C25H37N3O8/c1-19(2)23(31)34-15-22(16-35-24(32)20(3)4)36-25(33)27-14-10-6-8-12-21(28-18-30)11-7-5-9-13-26-17-29/h21-22H,1,3,5-16H2,2,4H3,(H,27,33). The quantitative estimate of drug-likeness (QED) is 0.0657. The van der Waals surface area contributed by atoms with E-state index in [0.717, 1.165) is 44.9 Å². The number of aliphatic imine (C=N–C) groups is 2. The minimum absolute atomic E-state index is 0.0976. The third-order valence-electron chi connectivity index (χ3n) is 4.86. The van der Waals surface area contributed by atoms with Crippen molar-refractivity contribution in [2.75, 3.05) is 26.3 Å². The van der Waals surface area contributed by atoms with Crippen molar-refractivity contribution < 1.29 is 38.2 Å². The molecule has 0 radical (unpaired) electrons. The number of esters is 2. The van der Waals surface area contributed by atoms with Crippen molar-refractivity contribution in [2.45, 2.75) is 77.4 Å². The second-order valence-corrected chi connectivity index (χ2v) is 8.26. The number of unbranched alkanes of at least 4 members (excludes halogenated alkanes) is 4. The lowest BCUT2D eigenvalue weighted by atomic mass is 10.0. The highest BCUT2D eigenvalue weighted by molar-refractivity contribution is 5.87. The van der Waals surface area contributed by atoms with Crippen LogP contribution in [0.3, 0.4) is 0 Å². The summed E-state index contributed by atoms with van der Waals surface area (Å²) in [4.78, 5) is 63.4. The zero-order valence-electron chi connectivity index (χ0n) is 21.2. The first-order valence-corrected chi connectivity index (χ1v) is 11.9. The fraction of sp³-hybridized carbons (Fsp3) is 0.640. The van der Waals surface area contributed by atoms with Crippen molar-refractivity contribution in [1.29, 1.82) is 0 Å². The molecular formula is C25H37N3O8. The predicted octanol–water partition coefficient (Wildman–Crippen LogP) is 3.48. The Bertz CT molecular complexity index is 799. The molecule has 1 amide bonds. The molecule has 1 atom stereocenters. The van der Waals surface area contributed by atoms with E-state index < -0.39 is 24.1 Å². The van der Waals surface area contributed by atoms with E-state index in [9.17, 15) is 24.0 Å². The number of nitrogens with zero attached hydrogens (tertiary/aromatic N) is 2. The van der Waals surface area contributed by atoms with Gasteiger partial charge >= 0.3 is 18.0 Å². The minimum atomic E-state index is -0.996. The zero-order valence-corrected chi connectivity index (χ0v) is 21.2. The molecule has 0 heterocycles. The molecule has 1 unspecified atom stereocenters. The molecule has 0 bridgehead atoms. The number of rotatable bonds is 20. The van der Waals surface area contributed by atoms with E-state index in [-0.39, 0.29) is 30.4 Å². The first-order valence-electron chi connectivity index (χ1n) is 11.9. The van der Waals surface area contributed by atoms with Gasteiger partial charge in [0.2, 0.25) is 12.2 Å². The summed E-state index contributed by atoms with van der Waals surface area (Å²) in [6, 6.07) is -0.0976. The molecule has 0 aromatic carbocycles. The maximum absolute atomic E-state index is 12.1. The lowest BCUT2D eigenvalue weighted by Gasteiger charge is -2.18. The van der Waals surface area contributed by atoms with E-state index in [1.807, 2.05) is 0 Å². The lowest BCUT2D eigenvalue weighted by molar-refractivity contribution is -0.147. The Hall–Kier alpha value is -3.55. The van der Waals surface area contributed by atoms with E-state index in [4.69, 9.17) is 14.2 Å². The molecule has 0 spiro atoms. The summed E-state index contributed by atoms with van der Waals surface area (Å²) < 4.78 is 15.2. The first-order chi connectivity index (χ1) is 17.2. The Morgan fingerprint density at radius 3 is 1.89 bits per heavy atom. The highest BCUT2D eigenvalue weighted by Crippen LogP contribution is 2.14. The van der Waals surface area contributed by atoms with Gasteiger partial charge in [0.1, 0.15) is 13.2 Å². The molecule has 0 aromatic rings. The van der Waals surface area contributed by atoms with Gasteiger partial charge in [0.25, 0.3) is 0 Å². The summed E-state index contributed by atoms with van der Waals surface area (Å²) in [7, 11) is 0. The summed E-state index contributed by atoms with van der Waals surface area (Å²) >= 11 is 0. The van der Waals surface area contributed by atoms with Crippen LogP contribution in [0.2, 0.25) is 0 Å². The van der Waals surface area contributed by atoms with Crippen LogP contribution in [-0.4, -0.2) is 68.6 Å². The second kappa shape index (κ2) is 20.8. The van der Waals surface area contributed by atoms with Crippen LogP contribution in [0.4, 0.5) is 4.79 Å². The van der Waals surface area contributed by atoms with Gasteiger partial charge in [-0.3, -0.25) is 0 Å². The number of hydrogen-bond acceptors (Lipinski definition) is 10. The van der Waals surface area contributed by atoms with Crippen LogP contribution in [-0.2, 0) is 33.4 Å². The molecule has 1 N–H and O–H groups in total. The van der Waals surface area contributed by atoms with Crippen LogP contribution >= 0.6 is 0 Å². The Morgan fingerprint density at radius 1 is 0.833 bits per heavy atom. The van der Waals surface area contributed by atoms with Crippen LogP contribution in [0.5, 0.6) is 0 Å². The van der Waals surface area contributed by atoms with Crippen molar-refractivity contribution in [3.63, 3.8) is 0 Å². The van der Waals surface area contributed by atoms with Gasteiger partial charge in [-0.1, -0.05) is 38.8 Å². The van der Waals surface area contributed by atoms with Gasteiger partial charge in [-0.25, -0.2) is 34.0 Å². The fourth-order valence-corrected chi connectivity index (χ4v) is 2.91. The average Bonchev–Trinajstić information content (AvgIpc) is 2.84. The molecule has 0 aliphatic rings. The molecule has 0 aromatic heterocycles. The molecule has 0 aliphatic carbocycles. The van der Waals surface area contributed by atoms with Gasteiger partial charge in [-0.15, -0.1) is 0 Å². The van der Waals surface area contributed by atoms with Gasteiger partial charge < -0.3 is 19.5 Å². The molecule has 0 aliphatic heterocycles. The number of nitrogens with one attached hydrogen (secondary N) is 1. The zero-order chi connectivity index (χ0) is 27.2. The first kappa shape index (κ1) is 32.4. The molecule has 11 heteroatoms. The van der Waals surface area contributed by atoms with Crippen molar-refractivity contribution in [1.82, 2.24) is 5.32 Å². The average molecular weight is 508 g/mol. The third kappa shape index (κ3) is 17.9. The van der Waals surface area contributed by atoms with E-state index in [0.29, 0.717) is 19.5 Å². The SMILES string of the molecule is C=C(C)C(=O)OCC(COC(=O)C(=C)C)OC(=O)NCCCCCC(CCCCCN=C=O)N=C=O. The molecule has 0 saturated carbocycles. The number of ether oxygens (including phenoxy) is 3. The van der Waals surface area contributed by atoms with E-state index in [1.165, 1.54) is 19.9 Å². The van der Waals surface area contributed by atoms with Gasteiger partial charge in [-0.2, -0.15) is 0 Å². The van der Waals surface area contributed by atoms with Crippen LogP contribution < -0.4 is 5.32 Å². The molecular weight excluding hydrogens is 470 g/mol. The number of hydrogen-bond donors (Lipinski definition) is 1. The van der Waals surface area contributed by atoms with Crippen molar-refractivity contribution >= 4 is 30.2 Å². The number of carbonyl (C=O) groups is 3. The van der Waals surface area contributed by atoms with Crippen LogP contribution in [0.15, 0.2) is 34.3 Å². The van der Waals surface area contributed by atoms with Crippen molar-refractivity contribution in [3.8, 4) is 0 Å². The van der Waals surface area contributed by atoms with E-state index >= 15 is 0 Å². The summed E-state index contributed by atoms with van der Waals surface area (Å²) in [5, 5.41) is 2.61. The summed E-state index contributed by atoms with van der Waals surface area (Å²) in [6.07, 6.45) is 7.74. The second-order valence-electron chi connectivity index (χ2n) is 8.26. The van der Waals surface area contributed by atoms with E-state index in [2.05, 4.69) is 28.5 Å². The molecule has 0 rings (SSSR count). The normalized spacial score (nSPS) is 10.9. The third-order valence-corrected chi connectivity index (χ3v) is 4.86. The Kier molecular flexibility index (Phi) is 18.7. The number of carbonyl (C=O) groups excluding carboxylic acids is 5. The molecule has 0 fully saturated rings. The summed E-state index contributed by atoms with van der Waals surface area (Å²) in [6.45, 7) is 10.1. The fourth-order valence-electron chi connectivity index (χ4n) is 2.91. The van der Waals surface area contributed by atoms with Gasteiger partial charge in [0.05, 0.1) is 12.6 Å². The highest BCUT2D eigenvalue weighted by Gasteiger charge is 2.20. The Labute approximate surface area is 212 Å². The topological polar surface area (TPSA) is 150 Å². The maximum Gasteiger partial charge on any atom is 0.407 e. The smallest absolute Gasteiger partial charge is 0.407 e. The van der Waals surface area contributed by atoms with Crippen LogP contribution in [0, 0.1) is 0 Å². The largest absolute Gasteiger partial charge is 0.458 e. The molecule has 36 heavy (non-hydrogen) atoms. The Balaban J connectivity index is 4.31. The molecule has 0 saturated heterocycles. The maximum atomic E-state index is 12.1. The van der Waals surface area contributed by atoms with Crippen molar-refractivity contribution in [2.24, 2.45) is 9.98 Å². The molecule has 11 nitrogen and oxygen atoms in total. The molecule has 200 valence electrons. The number of amides is 1. The van der Waals surface area contributed by atoms with Crippen LogP contribution in [0.25, 0.3) is 0 Å². The number of alkyl carbamates (subject to hydrolysis) is 1. The lowest BCUT2D eigenvalue weighted by Crippen LogP contribution is -2.35. The summed E-state index contributed by atoms with van der Waals surface area (Å²) in [5.74, 6) is -1.31. The van der Waals surface area contributed by atoms with Crippen molar-refractivity contribution in [3.05, 3.63) is 24.3 Å². The van der Waals surface area contributed by atoms with Gasteiger partial charge in [0.15, 0.2) is 6.10 Å². The highest BCUT2D eigenvalue weighted by atomic mass is 16.6.